The number of halogens is 1. The van der Waals surface area contributed by atoms with Gasteiger partial charge in [0.1, 0.15) is 6.54 Å². The zero-order valence-electron chi connectivity index (χ0n) is 3.87. The van der Waals surface area contributed by atoms with Crippen molar-refractivity contribution in [2.75, 3.05) is 6.54 Å². The molecule has 0 saturated carbocycles. The van der Waals surface area contributed by atoms with Gasteiger partial charge in [0.15, 0.2) is 5.38 Å². The van der Waals surface area contributed by atoms with Crippen molar-refractivity contribution in [1.29, 1.82) is 0 Å². The third-order valence-corrected chi connectivity index (χ3v) is 0.827. The molecule has 0 aliphatic heterocycles. The van der Waals surface area contributed by atoms with Crippen LogP contribution in [-0.2, 0) is 4.79 Å². The van der Waals surface area contributed by atoms with Crippen molar-refractivity contribution in [2.45, 2.75) is 5.38 Å². The quantitative estimate of drug-likeness (QED) is 0.454. The molecule has 5 heteroatoms. The summed E-state index contributed by atoms with van der Waals surface area (Å²) < 4.78 is 0. The molecule has 1 N–H and O–H groups in total. The first-order valence-corrected chi connectivity index (χ1v) is 2.28. The van der Waals surface area contributed by atoms with Gasteiger partial charge in [-0.1, -0.05) is 5.18 Å². The number of carbonyl (C=O) groups is 1. The van der Waals surface area contributed by atoms with Crippen LogP contribution < -0.4 is 0 Å². The lowest BCUT2D eigenvalue weighted by molar-refractivity contribution is -0.136. The SMILES string of the molecule is O=NCC(Cl)C(=O)O. The molecule has 0 radical (unpaired) electrons. The molecule has 0 aromatic rings. The van der Waals surface area contributed by atoms with Crippen LogP contribution >= 0.6 is 11.6 Å². The Kier molecular flexibility index (Phi) is 3.10. The molecule has 0 bridgehead atoms. The summed E-state index contributed by atoms with van der Waals surface area (Å²) in [6.45, 7) is -0.378. The Morgan fingerprint density at radius 2 is 2.38 bits per heavy atom. The van der Waals surface area contributed by atoms with E-state index in [0.29, 0.717) is 0 Å². The normalized spacial score (nSPS) is 12.6. The molecule has 1 atom stereocenters. The Morgan fingerprint density at radius 3 is 2.50 bits per heavy atom. The van der Waals surface area contributed by atoms with Gasteiger partial charge < -0.3 is 5.11 Å². The van der Waals surface area contributed by atoms with E-state index in [9.17, 15) is 9.70 Å². The highest BCUT2D eigenvalue weighted by Gasteiger charge is 2.12. The number of carboxylic acid groups (broad SMARTS) is 1. The number of nitroso groups, excluding NO2 is 1. The van der Waals surface area contributed by atoms with Gasteiger partial charge in [0.2, 0.25) is 0 Å². The van der Waals surface area contributed by atoms with Crippen LogP contribution in [-0.4, -0.2) is 23.0 Å². The molecule has 1 unspecified atom stereocenters. The van der Waals surface area contributed by atoms with E-state index in [1.165, 1.54) is 0 Å². The molecular formula is C3H4ClNO3. The molecular weight excluding hydrogens is 133 g/mol. The van der Waals surface area contributed by atoms with Crippen LogP contribution in [0.15, 0.2) is 5.18 Å². The van der Waals surface area contributed by atoms with E-state index in [4.69, 9.17) is 16.7 Å². The topological polar surface area (TPSA) is 66.7 Å². The molecule has 0 aromatic heterocycles. The molecule has 46 valence electrons. The molecule has 0 fully saturated rings. The fraction of sp³-hybridized carbons (Fsp3) is 0.667. The molecule has 4 nitrogen and oxygen atoms in total. The van der Waals surface area contributed by atoms with Crippen LogP contribution in [0.5, 0.6) is 0 Å². The summed E-state index contributed by atoms with van der Waals surface area (Å²) in [6.07, 6.45) is 0. The van der Waals surface area contributed by atoms with E-state index in [0.717, 1.165) is 0 Å². The van der Waals surface area contributed by atoms with Crippen LogP contribution in [0.2, 0.25) is 0 Å². The maximum atomic E-state index is 9.76. The minimum absolute atomic E-state index is 0.378. The van der Waals surface area contributed by atoms with E-state index in [-0.39, 0.29) is 6.54 Å². The van der Waals surface area contributed by atoms with Crippen molar-refractivity contribution in [2.24, 2.45) is 5.18 Å². The molecule has 0 saturated heterocycles. The summed E-state index contributed by atoms with van der Waals surface area (Å²) in [5, 5.41) is 9.10. The number of hydrogen-bond donors (Lipinski definition) is 1. The molecule has 0 aromatic carbocycles. The third-order valence-electron chi connectivity index (χ3n) is 0.503. The maximum absolute atomic E-state index is 9.76. The van der Waals surface area contributed by atoms with E-state index in [1.54, 1.807) is 0 Å². The fourth-order valence-electron chi connectivity index (χ4n) is 0.144. The van der Waals surface area contributed by atoms with Gasteiger partial charge in [-0.3, -0.25) is 4.79 Å². The first-order chi connectivity index (χ1) is 3.68. The lowest BCUT2D eigenvalue weighted by Crippen LogP contribution is -2.15. The monoisotopic (exact) mass is 137 g/mol. The zero-order chi connectivity index (χ0) is 6.57. The Bertz CT molecular complexity index is 105. The second-order valence-electron chi connectivity index (χ2n) is 1.12. The Balaban J connectivity index is 3.46. The highest BCUT2D eigenvalue weighted by molar-refractivity contribution is 6.29. The smallest absolute Gasteiger partial charge is 0.323 e. The summed E-state index contributed by atoms with van der Waals surface area (Å²) in [6, 6.07) is 0. The van der Waals surface area contributed by atoms with Crippen molar-refractivity contribution in [3.8, 4) is 0 Å². The Labute approximate surface area is 50.4 Å². The third kappa shape index (κ3) is 2.52. The predicted octanol–water partition coefficient (Wildman–Crippen LogP) is 0.445. The maximum Gasteiger partial charge on any atom is 0.323 e. The predicted molar refractivity (Wildman–Crippen MR) is 27.9 cm³/mol. The first-order valence-electron chi connectivity index (χ1n) is 1.84. The lowest BCUT2D eigenvalue weighted by atomic mass is 10.4. The largest absolute Gasteiger partial charge is 0.480 e. The van der Waals surface area contributed by atoms with E-state index >= 15 is 0 Å². The van der Waals surface area contributed by atoms with Crippen molar-refractivity contribution >= 4 is 17.6 Å². The second kappa shape index (κ2) is 3.37. The van der Waals surface area contributed by atoms with Gasteiger partial charge in [-0.25, -0.2) is 0 Å². The average molecular weight is 138 g/mol. The van der Waals surface area contributed by atoms with Gasteiger partial charge in [-0.2, -0.15) is 4.91 Å². The molecule has 0 heterocycles. The number of hydrogen-bond acceptors (Lipinski definition) is 3. The fourth-order valence-corrected chi connectivity index (χ4v) is 0.200. The summed E-state index contributed by atoms with van der Waals surface area (Å²) in [5.41, 5.74) is 0. The van der Waals surface area contributed by atoms with Crippen LogP contribution in [0.25, 0.3) is 0 Å². The van der Waals surface area contributed by atoms with Crippen molar-refractivity contribution in [3.05, 3.63) is 4.91 Å². The van der Waals surface area contributed by atoms with Gasteiger partial charge in [-0.15, -0.1) is 11.6 Å². The number of aliphatic carboxylic acids is 1. The lowest BCUT2D eigenvalue weighted by Gasteiger charge is -1.92. The first kappa shape index (κ1) is 7.36. The standard InChI is InChI=1S/C3H4ClNO3/c4-2(1-5-8)3(6)7/h2H,1H2,(H,6,7). The summed E-state index contributed by atoms with van der Waals surface area (Å²) >= 11 is 5.02. The molecule has 0 aliphatic carbocycles. The van der Waals surface area contributed by atoms with Crippen LogP contribution in [0.3, 0.4) is 0 Å². The zero-order valence-corrected chi connectivity index (χ0v) is 4.63. The molecule has 0 amide bonds. The van der Waals surface area contributed by atoms with Crippen molar-refractivity contribution in [1.82, 2.24) is 0 Å². The molecule has 0 aliphatic rings. The van der Waals surface area contributed by atoms with Crippen molar-refractivity contribution in [3.63, 3.8) is 0 Å². The number of carboxylic acids is 1. The number of alkyl halides is 1. The number of rotatable bonds is 3. The summed E-state index contributed by atoms with van der Waals surface area (Å²) in [4.78, 5) is 19.1. The summed E-state index contributed by atoms with van der Waals surface area (Å²) in [7, 11) is 0. The number of nitrogens with zero attached hydrogens (tertiary/aromatic N) is 1. The van der Waals surface area contributed by atoms with Crippen LogP contribution in [0.1, 0.15) is 0 Å². The van der Waals surface area contributed by atoms with Gasteiger partial charge in [-0.05, 0) is 0 Å². The van der Waals surface area contributed by atoms with Gasteiger partial charge in [0, 0.05) is 0 Å². The highest BCUT2D eigenvalue weighted by Crippen LogP contribution is 1.94. The van der Waals surface area contributed by atoms with Gasteiger partial charge >= 0.3 is 5.97 Å². The highest BCUT2D eigenvalue weighted by atomic mass is 35.5. The van der Waals surface area contributed by atoms with Crippen LogP contribution in [0, 0.1) is 4.91 Å². The van der Waals surface area contributed by atoms with Crippen LogP contribution in [0.4, 0.5) is 0 Å². The Morgan fingerprint density at radius 1 is 1.88 bits per heavy atom. The van der Waals surface area contributed by atoms with Gasteiger partial charge in [0.25, 0.3) is 0 Å². The van der Waals surface area contributed by atoms with E-state index < -0.39 is 11.3 Å². The molecule has 8 heavy (non-hydrogen) atoms. The van der Waals surface area contributed by atoms with Crippen molar-refractivity contribution < 1.29 is 9.90 Å². The second-order valence-corrected chi connectivity index (χ2v) is 1.64. The average Bonchev–Trinajstić information content (AvgIpc) is 1.67. The minimum atomic E-state index is -1.22. The molecule has 0 spiro atoms. The Hall–Kier alpha value is -0.640. The molecule has 0 rings (SSSR count). The van der Waals surface area contributed by atoms with E-state index in [1.807, 2.05) is 0 Å². The minimum Gasteiger partial charge on any atom is -0.480 e. The summed E-state index contributed by atoms with van der Waals surface area (Å²) in [5.74, 6) is -1.22. The van der Waals surface area contributed by atoms with E-state index in [2.05, 4.69) is 5.18 Å². The van der Waals surface area contributed by atoms with Gasteiger partial charge in [0.05, 0.1) is 0 Å².